The molecule has 4 nitrogen and oxygen atoms in total. The Labute approximate surface area is 146 Å². The molecule has 1 aliphatic heterocycles. The summed E-state index contributed by atoms with van der Waals surface area (Å²) >= 11 is 1.65. The molecule has 1 heterocycles. The van der Waals surface area contributed by atoms with Crippen molar-refractivity contribution in [2.45, 2.75) is 25.2 Å². The first-order valence-corrected chi connectivity index (χ1v) is 9.09. The third-order valence-electron chi connectivity index (χ3n) is 4.02. The van der Waals surface area contributed by atoms with E-state index in [1.165, 1.54) is 0 Å². The Morgan fingerprint density at radius 1 is 1.21 bits per heavy atom. The Morgan fingerprint density at radius 3 is 2.75 bits per heavy atom. The number of rotatable bonds is 5. The topological polar surface area (TPSA) is 49.4 Å². The van der Waals surface area contributed by atoms with Crippen LogP contribution < -0.4 is 10.2 Å². The molecular formula is C19H20N2O2S. The highest BCUT2D eigenvalue weighted by atomic mass is 32.2. The average molecular weight is 340 g/mol. The predicted octanol–water partition coefficient (Wildman–Crippen LogP) is 3.96. The summed E-state index contributed by atoms with van der Waals surface area (Å²) in [6, 6.07) is 13.3. The van der Waals surface area contributed by atoms with E-state index in [0.717, 1.165) is 27.6 Å². The lowest BCUT2D eigenvalue weighted by atomic mass is 10.1. The quantitative estimate of drug-likeness (QED) is 0.838. The van der Waals surface area contributed by atoms with E-state index in [9.17, 15) is 9.59 Å². The van der Waals surface area contributed by atoms with Gasteiger partial charge in [-0.1, -0.05) is 19.1 Å². The Bertz CT molecular complexity index is 789. The van der Waals surface area contributed by atoms with Crippen LogP contribution in [0.15, 0.2) is 47.4 Å². The van der Waals surface area contributed by atoms with Gasteiger partial charge in [-0.2, -0.15) is 0 Å². The fourth-order valence-corrected chi connectivity index (χ4v) is 3.74. The van der Waals surface area contributed by atoms with Gasteiger partial charge in [0.15, 0.2) is 0 Å². The molecule has 24 heavy (non-hydrogen) atoms. The molecule has 0 atom stereocenters. The van der Waals surface area contributed by atoms with Crippen molar-refractivity contribution in [3.63, 3.8) is 0 Å². The van der Waals surface area contributed by atoms with Gasteiger partial charge in [0.2, 0.25) is 5.91 Å². The maximum Gasteiger partial charge on any atom is 0.256 e. The van der Waals surface area contributed by atoms with Crippen molar-refractivity contribution >= 4 is 35.0 Å². The fourth-order valence-electron chi connectivity index (χ4n) is 2.94. The second-order valence-corrected chi connectivity index (χ2v) is 6.85. The van der Waals surface area contributed by atoms with Crippen molar-refractivity contribution in [1.29, 1.82) is 0 Å². The van der Waals surface area contributed by atoms with Crippen LogP contribution in [0.5, 0.6) is 0 Å². The molecule has 2 aromatic rings. The number of fused-ring (bicyclic) bond motifs is 1. The molecule has 0 bridgehead atoms. The van der Waals surface area contributed by atoms with E-state index < -0.39 is 0 Å². The SMILES string of the molecule is CCSc1ccccc1C(=O)Nc1ccc2c(c1)CC(=O)N2CC. The monoisotopic (exact) mass is 340 g/mol. The number of amides is 2. The summed E-state index contributed by atoms with van der Waals surface area (Å²) in [4.78, 5) is 27.3. The van der Waals surface area contributed by atoms with Crippen LogP contribution in [0.1, 0.15) is 29.8 Å². The molecule has 0 saturated carbocycles. The minimum Gasteiger partial charge on any atom is -0.322 e. The number of likely N-dealkylation sites (N-methyl/N-ethyl adjacent to an activating group) is 1. The third kappa shape index (κ3) is 3.17. The van der Waals surface area contributed by atoms with Crippen LogP contribution in [0.25, 0.3) is 0 Å². The first-order chi connectivity index (χ1) is 11.6. The first kappa shape index (κ1) is 16.6. The van der Waals surface area contributed by atoms with Gasteiger partial charge in [0, 0.05) is 22.8 Å². The molecule has 1 N–H and O–H groups in total. The van der Waals surface area contributed by atoms with Gasteiger partial charge in [0.1, 0.15) is 0 Å². The molecule has 2 amide bonds. The van der Waals surface area contributed by atoms with E-state index in [-0.39, 0.29) is 11.8 Å². The number of nitrogens with zero attached hydrogens (tertiary/aromatic N) is 1. The van der Waals surface area contributed by atoms with Crippen LogP contribution in [0.4, 0.5) is 11.4 Å². The minimum absolute atomic E-state index is 0.112. The summed E-state index contributed by atoms with van der Waals surface area (Å²) in [5.74, 6) is 0.904. The molecule has 0 radical (unpaired) electrons. The van der Waals surface area contributed by atoms with E-state index in [1.807, 2.05) is 49.4 Å². The zero-order valence-corrected chi connectivity index (χ0v) is 14.7. The second kappa shape index (κ2) is 7.09. The lowest BCUT2D eigenvalue weighted by Crippen LogP contribution is -2.25. The van der Waals surface area contributed by atoms with E-state index in [2.05, 4.69) is 12.2 Å². The molecule has 5 heteroatoms. The lowest BCUT2D eigenvalue weighted by molar-refractivity contribution is -0.117. The van der Waals surface area contributed by atoms with Gasteiger partial charge >= 0.3 is 0 Å². The maximum atomic E-state index is 12.6. The summed E-state index contributed by atoms with van der Waals surface area (Å²) in [7, 11) is 0. The Hall–Kier alpha value is -2.27. The summed E-state index contributed by atoms with van der Waals surface area (Å²) < 4.78 is 0. The lowest BCUT2D eigenvalue weighted by Gasteiger charge is -2.15. The van der Waals surface area contributed by atoms with Crippen LogP contribution in [0.2, 0.25) is 0 Å². The van der Waals surface area contributed by atoms with Gasteiger partial charge in [0.25, 0.3) is 5.91 Å². The largest absolute Gasteiger partial charge is 0.322 e. The van der Waals surface area contributed by atoms with Crippen molar-refractivity contribution < 1.29 is 9.59 Å². The second-order valence-electron chi connectivity index (χ2n) is 5.54. The van der Waals surface area contributed by atoms with Gasteiger partial charge in [-0.05, 0) is 48.6 Å². The van der Waals surface area contributed by atoms with Crippen LogP contribution in [0, 0.1) is 0 Å². The van der Waals surface area contributed by atoms with E-state index in [0.29, 0.717) is 18.5 Å². The average Bonchev–Trinajstić information content (AvgIpc) is 2.89. The van der Waals surface area contributed by atoms with E-state index >= 15 is 0 Å². The van der Waals surface area contributed by atoms with Gasteiger partial charge in [-0.3, -0.25) is 9.59 Å². The normalized spacial score (nSPS) is 13.1. The van der Waals surface area contributed by atoms with Gasteiger partial charge in [0.05, 0.1) is 12.0 Å². The third-order valence-corrected chi connectivity index (χ3v) is 4.97. The molecule has 0 spiro atoms. The highest BCUT2D eigenvalue weighted by molar-refractivity contribution is 7.99. The highest BCUT2D eigenvalue weighted by Crippen LogP contribution is 2.31. The maximum absolute atomic E-state index is 12.6. The molecule has 2 aromatic carbocycles. The number of nitrogens with one attached hydrogen (secondary N) is 1. The summed E-state index contributed by atoms with van der Waals surface area (Å²) in [5, 5.41) is 2.95. The minimum atomic E-state index is -0.122. The van der Waals surface area contributed by atoms with Crippen molar-refractivity contribution in [2.75, 3.05) is 22.5 Å². The smallest absolute Gasteiger partial charge is 0.256 e. The van der Waals surface area contributed by atoms with Crippen molar-refractivity contribution in [3.05, 3.63) is 53.6 Å². The predicted molar refractivity (Wildman–Crippen MR) is 99.0 cm³/mol. The zero-order chi connectivity index (χ0) is 17.1. The number of thioether (sulfide) groups is 1. The van der Waals surface area contributed by atoms with Crippen LogP contribution >= 0.6 is 11.8 Å². The fraction of sp³-hybridized carbons (Fsp3) is 0.263. The molecule has 124 valence electrons. The Kier molecular flexibility index (Phi) is 4.90. The number of anilines is 2. The number of benzene rings is 2. The number of hydrogen-bond donors (Lipinski definition) is 1. The van der Waals surface area contributed by atoms with Gasteiger partial charge in [-0.25, -0.2) is 0 Å². The van der Waals surface area contributed by atoms with E-state index in [1.54, 1.807) is 16.7 Å². The summed E-state index contributed by atoms with van der Waals surface area (Å²) in [6.07, 6.45) is 0.398. The van der Waals surface area contributed by atoms with E-state index in [4.69, 9.17) is 0 Å². The Balaban J connectivity index is 1.82. The van der Waals surface area contributed by atoms with Gasteiger partial charge < -0.3 is 10.2 Å². The molecular weight excluding hydrogens is 320 g/mol. The molecule has 0 saturated heterocycles. The van der Waals surface area contributed by atoms with Crippen molar-refractivity contribution in [1.82, 2.24) is 0 Å². The summed E-state index contributed by atoms with van der Waals surface area (Å²) in [5.41, 5.74) is 3.32. The highest BCUT2D eigenvalue weighted by Gasteiger charge is 2.26. The summed E-state index contributed by atoms with van der Waals surface area (Å²) in [6.45, 7) is 4.69. The number of carbonyl (C=O) groups is 2. The zero-order valence-electron chi connectivity index (χ0n) is 13.8. The standard InChI is InChI=1S/C19H20N2O2S/c1-3-21-16-10-9-14(11-13(16)12-18(21)22)20-19(23)15-7-5-6-8-17(15)24-4-2/h5-11H,3-4,12H2,1-2H3,(H,20,23). The van der Waals surface area contributed by atoms with Crippen LogP contribution in [-0.4, -0.2) is 24.1 Å². The Morgan fingerprint density at radius 2 is 2.00 bits per heavy atom. The van der Waals surface area contributed by atoms with Gasteiger partial charge in [-0.15, -0.1) is 11.8 Å². The molecule has 0 fully saturated rings. The van der Waals surface area contributed by atoms with Crippen LogP contribution in [0.3, 0.4) is 0 Å². The van der Waals surface area contributed by atoms with Crippen molar-refractivity contribution in [3.8, 4) is 0 Å². The van der Waals surface area contributed by atoms with Crippen molar-refractivity contribution in [2.24, 2.45) is 0 Å². The number of hydrogen-bond acceptors (Lipinski definition) is 3. The first-order valence-electron chi connectivity index (χ1n) is 8.10. The van der Waals surface area contributed by atoms with Crippen LogP contribution in [-0.2, 0) is 11.2 Å². The molecule has 1 aliphatic rings. The molecule has 0 aromatic heterocycles. The number of carbonyl (C=O) groups excluding carboxylic acids is 2. The molecule has 3 rings (SSSR count). The molecule has 0 aliphatic carbocycles. The molecule has 0 unspecified atom stereocenters.